The summed E-state index contributed by atoms with van der Waals surface area (Å²) in [4.78, 5) is 108. The molecule has 0 radical (unpaired) electrons. The predicted molar refractivity (Wildman–Crippen MR) is 158 cm³/mol. The van der Waals surface area contributed by atoms with Gasteiger partial charge < -0.3 is 65.0 Å². The smallest absolute Gasteiger partial charge is 0.305 e. The van der Waals surface area contributed by atoms with E-state index < -0.39 is 97.5 Å². The summed E-state index contributed by atoms with van der Waals surface area (Å²) >= 11 is 0. The topological polar surface area (TPSA) is 378 Å². The van der Waals surface area contributed by atoms with E-state index in [1.54, 1.807) is 0 Å². The number of carbonyl (C=O) groups excluding carboxylic acids is 6. The van der Waals surface area contributed by atoms with Gasteiger partial charge in [0, 0.05) is 13.1 Å². The maximum Gasteiger partial charge on any atom is 0.305 e. The number of carboxylic acid groups (broad SMARTS) is 2. The van der Waals surface area contributed by atoms with Gasteiger partial charge in [0.1, 0.15) is 24.2 Å². The number of amides is 6. The zero-order valence-corrected chi connectivity index (χ0v) is 24.7. The first-order valence-corrected chi connectivity index (χ1v) is 13.9. The number of hydrogen-bond acceptors (Lipinski definition) is 10. The van der Waals surface area contributed by atoms with Crippen LogP contribution in [0.15, 0.2) is 9.98 Å². The number of carboxylic acids is 2. The fourth-order valence-electron chi connectivity index (χ4n) is 3.93. The van der Waals surface area contributed by atoms with Gasteiger partial charge in [-0.05, 0) is 25.7 Å². The highest BCUT2D eigenvalue weighted by molar-refractivity contribution is 5.98. The lowest BCUT2D eigenvalue weighted by atomic mass is 10.1. The number of aliphatic imine (C=N–C) groups is 2. The summed E-state index contributed by atoms with van der Waals surface area (Å²) in [6.45, 7) is -1.47. The van der Waals surface area contributed by atoms with E-state index in [2.05, 4.69) is 41.9 Å². The van der Waals surface area contributed by atoms with Crippen molar-refractivity contribution < 1.29 is 48.6 Å². The minimum Gasteiger partial charge on any atom is -0.481 e. The highest BCUT2D eigenvalue weighted by Gasteiger charge is 2.31. The second-order valence-corrected chi connectivity index (χ2v) is 9.89. The van der Waals surface area contributed by atoms with Crippen LogP contribution in [0.5, 0.6) is 0 Å². The molecule has 4 atom stereocenters. The molecule has 1 rings (SSSR count). The molecule has 0 spiro atoms. The average molecular weight is 657 g/mol. The van der Waals surface area contributed by atoms with Crippen LogP contribution in [0.25, 0.3) is 0 Å². The van der Waals surface area contributed by atoms with Crippen LogP contribution in [0.3, 0.4) is 0 Å². The molecule has 1 saturated heterocycles. The number of hydrogen-bond donors (Lipinski definition) is 12. The fourth-order valence-corrected chi connectivity index (χ4v) is 3.93. The van der Waals surface area contributed by atoms with Crippen molar-refractivity contribution in [1.29, 1.82) is 0 Å². The molecule has 0 aromatic heterocycles. The lowest BCUT2D eigenvalue weighted by Gasteiger charge is -2.24. The standard InChI is InChI=1S/C24H40N12O10/c25-23(26)29-5-1-3-11-19(43)31-9-15(37)34-14(8-18(41)42)22(46)36-12(4-2-6-30-24(27)28)20(44)32-10-16(38)33-13(7-17(39)40)21(45)35-11/h11-14H,1-10H2,(H,31,43)(H,32,44)(H,33,38)(H,34,37)(H,35,45)(H,36,46)(H,39,40)(H,41,42)(H4,25,26,29)(H4,27,28,30)/t11-,12+,13+,14-. The molecule has 22 nitrogen and oxygen atoms in total. The molecule has 1 fully saturated rings. The molecule has 0 aromatic rings. The number of aliphatic carboxylic acids is 2. The third-order valence-electron chi connectivity index (χ3n) is 6.06. The highest BCUT2D eigenvalue weighted by Crippen LogP contribution is 2.04. The Kier molecular flexibility index (Phi) is 16.3. The van der Waals surface area contributed by atoms with Crippen LogP contribution in [0.1, 0.15) is 38.5 Å². The molecule has 22 heteroatoms. The molecular formula is C24H40N12O10. The molecule has 1 heterocycles. The largest absolute Gasteiger partial charge is 0.481 e. The van der Waals surface area contributed by atoms with Crippen LogP contribution in [-0.2, 0) is 38.4 Å². The summed E-state index contributed by atoms with van der Waals surface area (Å²) in [6, 6.07) is -6.13. The van der Waals surface area contributed by atoms with Gasteiger partial charge in [0.05, 0.1) is 25.9 Å². The molecule has 256 valence electrons. The Morgan fingerprint density at radius 1 is 0.587 bits per heavy atom. The van der Waals surface area contributed by atoms with Crippen molar-refractivity contribution in [2.75, 3.05) is 26.2 Å². The predicted octanol–water partition coefficient (Wildman–Crippen LogP) is -6.77. The molecule has 0 aliphatic carbocycles. The van der Waals surface area contributed by atoms with E-state index in [4.69, 9.17) is 22.9 Å². The second-order valence-electron chi connectivity index (χ2n) is 9.89. The van der Waals surface area contributed by atoms with Crippen LogP contribution in [0.4, 0.5) is 0 Å². The van der Waals surface area contributed by atoms with Crippen LogP contribution in [-0.4, -0.2) is 120 Å². The average Bonchev–Trinajstić information content (AvgIpc) is 2.95. The van der Waals surface area contributed by atoms with Gasteiger partial charge in [-0.1, -0.05) is 0 Å². The van der Waals surface area contributed by atoms with Crippen molar-refractivity contribution in [3.63, 3.8) is 0 Å². The van der Waals surface area contributed by atoms with Crippen LogP contribution >= 0.6 is 0 Å². The normalized spacial score (nSPS) is 21.8. The van der Waals surface area contributed by atoms with Crippen molar-refractivity contribution in [2.24, 2.45) is 32.9 Å². The van der Waals surface area contributed by atoms with Gasteiger partial charge in [0.25, 0.3) is 0 Å². The number of guanidine groups is 2. The van der Waals surface area contributed by atoms with Crippen molar-refractivity contribution in [3.8, 4) is 0 Å². The first-order valence-electron chi connectivity index (χ1n) is 13.9. The third kappa shape index (κ3) is 15.7. The van der Waals surface area contributed by atoms with E-state index in [9.17, 15) is 48.6 Å². The first kappa shape index (κ1) is 38.3. The monoisotopic (exact) mass is 656 g/mol. The summed E-state index contributed by atoms with van der Waals surface area (Å²) in [6.07, 6.45) is -1.73. The van der Waals surface area contributed by atoms with E-state index in [1.165, 1.54) is 0 Å². The maximum absolute atomic E-state index is 13.0. The van der Waals surface area contributed by atoms with Crippen LogP contribution in [0, 0.1) is 0 Å². The maximum atomic E-state index is 13.0. The minimum absolute atomic E-state index is 0.0404. The van der Waals surface area contributed by atoms with Crippen molar-refractivity contribution in [1.82, 2.24) is 31.9 Å². The molecule has 0 aromatic carbocycles. The minimum atomic E-state index is -1.69. The first-order chi connectivity index (χ1) is 21.6. The summed E-state index contributed by atoms with van der Waals surface area (Å²) in [5.41, 5.74) is 21.1. The van der Waals surface area contributed by atoms with E-state index >= 15 is 0 Å². The fraction of sp³-hybridized carbons (Fsp3) is 0.583. The Hall–Kier alpha value is -5.70. The van der Waals surface area contributed by atoms with Gasteiger partial charge in [-0.3, -0.25) is 48.3 Å². The number of nitrogens with one attached hydrogen (secondary N) is 6. The molecule has 0 unspecified atom stereocenters. The molecule has 16 N–H and O–H groups in total. The zero-order valence-electron chi connectivity index (χ0n) is 24.7. The SMILES string of the molecule is NC(N)=NCCC[C@@H]1NC(=O)[C@@H](CC(=O)O)NC(=O)CNC(=O)[C@@H](CCCN=C(N)N)NC(=O)[C@H](CC(=O)O)NC(=O)CNC1=O. The van der Waals surface area contributed by atoms with Crippen molar-refractivity contribution in [2.45, 2.75) is 62.7 Å². The zero-order chi connectivity index (χ0) is 34.8. The number of carbonyl (C=O) groups is 8. The summed E-state index contributed by atoms with van der Waals surface area (Å²) < 4.78 is 0. The van der Waals surface area contributed by atoms with Gasteiger partial charge >= 0.3 is 11.9 Å². The van der Waals surface area contributed by atoms with Gasteiger partial charge in [0.15, 0.2) is 11.9 Å². The number of rotatable bonds is 12. The molecule has 6 amide bonds. The molecule has 1 aliphatic rings. The van der Waals surface area contributed by atoms with Gasteiger partial charge in [-0.2, -0.15) is 0 Å². The molecule has 0 bridgehead atoms. The molecule has 0 saturated carbocycles. The Morgan fingerprint density at radius 2 is 0.935 bits per heavy atom. The van der Waals surface area contributed by atoms with E-state index in [0.29, 0.717) is 0 Å². The highest BCUT2D eigenvalue weighted by atomic mass is 16.4. The lowest BCUT2D eigenvalue weighted by Crippen LogP contribution is -2.58. The van der Waals surface area contributed by atoms with E-state index in [0.717, 1.165) is 0 Å². The van der Waals surface area contributed by atoms with Crippen LogP contribution < -0.4 is 54.8 Å². The van der Waals surface area contributed by atoms with Gasteiger partial charge in [-0.15, -0.1) is 0 Å². The lowest BCUT2D eigenvalue weighted by molar-refractivity contribution is -0.142. The summed E-state index contributed by atoms with van der Waals surface area (Å²) in [5.74, 6) is -9.37. The van der Waals surface area contributed by atoms with E-state index in [-0.39, 0.29) is 50.7 Å². The quantitative estimate of drug-likeness (QED) is 0.0528. The number of nitrogens with zero attached hydrogens (tertiary/aromatic N) is 2. The molecular weight excluding hydrogens is 616 g/mol. The Bertz CT molecular complexity index is 1120. The van der Waals surface area contributed by atoms with Gasteiger partial charge in [0.2, 0.25) is 35.4 Å². The number of nitrogens with two attached hydrogens (primary N) is 4. The van der Waals surface area contributed by atoms with Crippen molar-refractivity contribution in [3.05, 3.63) is 0 Å². The summed E-state index contributed by atoms with van der Waals surface area (Å²) in [7, 11) is 0. The van der Waals surface area contributed by atoms with Gasteiger partial charge in [-0.25, -0.2) is 0 Å². The van der Waals surface area contributed by atoms with E-state index in [1.807, 2.05) is 0 Å². The van der Waals surface area contributed by atoms with Crippen molar-refractivity contribution >= 4 is 59.3 Å². The Balaban J connectivity index is 3.35. The molecule has 46 heavy (non-hydrogen) atoms. The second kappa shape index (κ2) is 19.6. The third-order valence-corrected chi connectivity index (χ3v) is 6.06. The Labute approximate surface area is 261 Å². The van der Waals surface area contributed by atoms with Crippen LogP contribution in [0.2, 0.25) is 0 Å². The summed E-state index contributed by atoms with van der Waals surface area (Å²) in [5, 5.41) is 32.0. The molecule has 1 aliphatic heterocycles. The Morgan fingerprint density at radius 3 is 1.24 bits per heavy atom.